The minimum Gasteiger partial charge on any atom is -0.294 e. The van der Waals surface area contributed by atoms with Gasteiger partial charge in [-0.1, -0.05) is 19.4 Å². The van der Waals surface area contributed by atoms with Crippen LogP contribution in [0.2, 0.25) is 0 Å². The Balaban J connectivity index is 2.78. The molecule has 0 amide bonds. The Labute approximate surface area is 91.5 Å². The molecular formula is C12H19ClO. The fraction of sp³-hybridized carbons (Fsp3) is 0.750. The van der Waals surface area contributed by atoms with Crippen molar-refractivity contribution in [2.45, 2.75) is 46.5 Å². The zero-order valence-electron chi connectivity index (χ0n) is 9.32. The van der Waals surface area contributed by atoms with Crippen LogP contribution in [0.3, 0.4) is 0 Å². The van der Waals surface area contributed by atoms with Gasteiger partial charge in [-0.2, -0.15) is 0 Å². The largest absolute Gasteiger partial charge is 0.294 e. The monoisotopic (exact) mass is 214 g/mol. The third-order valence-corrected chi connectivity index (χ3v) is 3.42. The number of hydrogen-bond acceptors (Lipinski definition) is 1. The maximum Gasteiger partial charge on any atom is 0.164 e. The van der Waals surface area contributed by atoms with Gasteiger partial charge in [0.15, 0.2) is 5.78 Å². The Morgan fingerprint density at radius 3 is 2.64 bits per heavy atom. The number of rotatable bonds is 3. The van der Waals surface area contributed by atoms with Crippen LogP contribution in [0.4, 0.5) is 0 Å². The van der Waals surface area contributed by atoms with Crippen LogP contribution in [0.15, 0.2) is 11.1 Å². The number of allylic oxidation sites excluding steroid dienone is 2. The van der Waals surface area contributed by atoms with Crippen molar-refractivity contribution in [3.05, 3.63) is 11.1 Å². The molecule has 0 spiro atoms. The molecule has 0 aromatic heterocycles. The van der Waals surface area contributed by atoms with E-state index in [0.717, 1.165) is 31.3 Å². The fourth-order valence-electron chi connectivity index (χ4n) is 2.03. The van der Waals surface area contributed by atoms with E-state index in [1.54, 1.807) is 0 Å². The molecule has 1 nitrogen and oxygen atoms in total. The third-order valence-electron chi connectivity index (χ3n) is 3.15. The summed E-state index contributed by atoms with van der Waals surface area (Å²) in [5.74, 6) is 1.02. The summed E-state index contributed by atoms with van der Waals surface area (Å²) in [7, 11) is 0. The number of ketones is 1. The van der Waals surface area contributed by atoms with E-state index in [2.05, 4.69) is 0 Å². The number of halogens is 1. The van der Waals surface area contributed by atoms with Crippen molar-refractivity contribution in [3.8, 4) is 0 Å². The summed E-state index contributed by atoms with van der Waals surface area (Å²) < 4.78 is 0. The Morgan fingerprint density at radius 2 is 2.07 bits per heavy atom. The molecule has 0 N–H and O–H groups in total. The van der Waals surface area contributed by atoms with E-state index in [-0.39, 0.29) is 5.41 Å². The SMILES string of the molecule is CC1=C(CCCCl)CCC(C)(C)C1=O. The molecular weight excluding hydrogens is 196 g/mol. The zero-order chi connectivity index (χ0) is 10.8. The first-order chi connectivity index (χ1) is 6.49. The minimum absolute atomic E-state index is 0.144. The standard InChI is InChI=1S/C12H19ClO/c1-9-10(5-4-8-13)6-7-12(2,3)11(9)14/h4-8H2,1-3H3. The number of carbonyl (C=O) groups is 1. The van der Waals surface area contributed by atoms with Gasteiger partial charge in [-0.05, 0) is 38.2 Å². The quantitative estimate of drug-likeness (QED) is 0.655. The molecule has 1 aliphatic rings. The molecule has 0 saturated heterocycles. The van der Waals surface area contributed by atoms with Crippen LogP contribution in [0.5, 0.6) is 0 Å². The average Bonchev–Trinajstić information content (AvgIpc) is 2.14. The first-order valence-corrected chi connectivity index (χ1v) is 5.82. The summed E-state index contributed by atoms with van der Waals surface area (Å²) in [5, 5.41) is 0. The molecule has 0 atom stereocenters. The molecule has 0 bridgehead atoms. The Bertz CT molecular complexity index is 263. The van der Waals surface area contributed by atoms with Crippen LogP contribution in [-0.4, -0.2) is 11.7 Å². The van der Waals surface area contributed by atoms with Gasteiger partial charge in [-0.15, -0.1) is 11.6 Å². The van der Waals surface area contributed by atoms with Crippen molar-refractivity contribution in [1.29, 1.82) is 0 Å². The topological polar surface area (TPSA) is 17.1 Å². The Kier molecular flexibility index (Phi) is 3.77. The van der Waals surface area contributed by atoms with Crippen LogP contribution >= 0.6 is 11.6 Å². The zero-order valence-corrected chi connectivity index (χ0v) is 10.1. The van der Waals surface area contributed by atoms with Crippen molar-refractivity contribution in [1.82, 2.24) is 0 Å². The highest BCUT2D eigenvalue weighted by Crippen LogP contribution is 2.36. The smallest absolute Gasteiger partial charge is 0.164 e. The first kappa shape index (κ1) is 11.8. The molecule has 0 fully saturated rings. The molecule has 14 heavy (non-hydrogen) atoms. The Hall–Kier alpha value is -0.300. The molecule has 2 heteroatoms. The second-order valence-electron chi connectivity index (χ2n) is 4.73. The van der Waals surface area contributed by atoms with Gasteiger partial charge in [0.05, 0.1) is 0 Å². The van der Waals surface area contributed by atoms with Gasteiger partial charge < -0.3 is 0 Å². The predicted octanol–water partition coefficient (Wildman–Crippen LogP) is 3.71. The molecule has 0 aliphatic heterocycles. The maximum absolute atomic E-state index is 11.9. The number of alkyl halides is 1. The van der Waals surface area contributed by atoms with Crippen molar-refractivity contribution < 1.29 is 4.79 Å². The molecule has 0 aromatic rings. The minimum atomic E-state index is -0.144. The second kappa shape index (κ2) is 4.48. The van der Waals surface area contributed by atoms with Gasteiger partial charge in [0.2, 0.25) is 0 Å². The van der Waals surface area contributed by atoms with Crippen molar-refractivity contribution in [3.63, 3.8) is 0 Å². The number of Topliss-reactive ketones (excluding diaryl/α,β-unsaturated/α-hetero) is 1. The van der Waals surface area contributed by atoms with E-state index in [0.29, 0.717) is 11.7 Å². The van der Waals surface area contributed by atoms with Crippen molar-refractivity contribution >= 4 is 17.4 Å². The number of hydrogen-bond donors (Lipinski definition) is 0. The molecule has 0 radical (unpaired) electrons. The van der Waals surface area contributed by atoms with Gasteiger partial charge >= 0.3 is 0 Å². The van der Waals surface area contributed by atoms with Gasteiger partial charge in [0.25, 0.3) is 0 Å². The molecule has 1 rings (SSSR count). The van der Waals surface area contributed by atoms with Gasteiger partial charge in [0.1, 0.15) is 0 Å². The van der Waals surface area contributed by atoms with Crippen molar-refractivity contribution in [2.75, 3.05) is 5.88 Å². The lowest BCUT2D eigenvalue weighted by Crippen LogP contribution is -2.29. The second-order valence-corrected chi connectivity index (χ2v) is 5.11. The summed E-state index contributed by atoms with van der Waals surface area (Å²) in [4.78, 5) is 11.9. The van der Waals surface area contributed by atoms with E-state index in [1.165, 1.54) is 5.57 Å². The summed E-state index contributed by atoms with van der Waals surface area (Å²) in [5.41, 5.74) is 2.18. The highest BCUT2D eigenvalue weighted by atomic mass is 35.5. The van der Waals surface area contributed by atoms with Crippen LogP contribution in [0.25, 0.3) is 0 Å². The van der Waals surface area contributed by atoms with Crippen LogP contribution in [0.1, 0.15) is 46.5 Å². The van der Waals surface area contributed by atoms with E-state index in [1.807, 2.05) is 20.8 Å². The summed E-state index contributed by atoms with van der Waals surface area (Å²) in [6.45, 7) is 6.04. The first-order valence-electron chi connectivity index (χ1n) is 5.28. The molecule has 1 aliphatic carbocycles. The lowest BCUT2D eigenvalue weighted by atomic mass is 9.73. The van der Waals surface area contributed by atoms with E-state index >= 15 is 0 Å². The van der Waals surface area contributed by atoms with E-state index in [9.17, 15) is 4.79 Å². The van der Waals surface area contributed by atoms with E-state index in [4.69, 9.17) is 11.6 Å². The lowest BCUT2D eigenvalue weighted by molar-refractivity contribution is -0.124. The van der Waals surface area contributed by atoms with Crippen molar-refractivity contribution in [2.24, 2.45) is 5.41 Å². The normalized spacial score (nSPS) is 21.6. The molecule has 0 saturated carbocycles. The average molecular weight is 215 g/mol. The molecule has 0 heterocycles. The fourth-order valence-corrected chi connectivity index (χ4v) is 2.16. The predicted molar refractivity (Wildman–Crippen MR) is 60.7 cm³/mol. The van der Waals surface area contributed by atoms with Crippen LogP contribution in [0, 0.1) is 5.41 Å². The van der Waals surface area contributed by atoms with Crippen LogP contribution in [-0.2, 0) is 4.79 Å². The lowest BCUT2D eigenvalue weighted by Gasteiger charge is -2.30. The van der Waals surface area contributed by atoms with Crippen LogP contribution < -0.4 is 0 Å². The number of carbonyl (C=O) groups excluding carboxylic acids is 1. The van der Waals surface area contributed by atoms with Gasteiger partial charge in [-0.3, -0.25) is 4.79 Å². The summed E-state index contributed by atoms with van der Waals surface area (Å²) in [6, 6.07) is 0. The highest BCUT2D eigenvalue weighted by molar-refractivity contribution is 6.17. The summed E-state index contributed by atoms with van der Waals surface area (Å²) in [6.07, 6.45) is 4.04. The van der Waals surface area contributed by atoms with Gasteiger partial charge in [0, 0.05) is 11.3 Å². The van der Waals surface area contributed by atoms with E-state index < -0.39 is 0 Å². The van der Waals surface area contributed by atoms with Gasteiger partial charge in [-0.25, -0.2) is 0 Å². The third kappa shape index (κ3) is 2.38. The highest BCUT2D eigenvalue weighted by Gasteiger charge is 2.33. The molecule has 80 valence electrons. The maximum atomic E-state index is 11.9. The summed E-state index contributed by atoms with van der Waals surface area (Å²) >= 11 is 5.65. The molecule has 0 aromatic carbocycles. The Morgan fingerprint density at radius 1 is 1.43 bits per heavy atom. The molecule has 0 unspecified atom stereocenters.